The number of hydrogen-bond acceptors (Lipinski definition) is 3. The van der Waals surface area contributed by atoms with Crippen LogP contribution in [0, 0.1) is 5.41 Å². The highest BCUT2D eigenvalue weighted by atomic mass is 32.1. The number of rotatable bonds is 6. The molecule has 18 heavy (non-hydrogen) atoms. The van der Waals surface area contributed by atoms with Crippen LogP contribution in [-0.4, -0.2) is 29.1 Å². The Labute approximate surface area is 112 Å². The summed E-state index contributed by atoms with van der Waals surface area (Å²) in [6, 6.07) is 4.17. The van der Waals surface area contributed by atoms with Gasteiger partial charge in [0.05, 0.1) is 5.41 Å². The quantitative estimate of drug-likeness (QED) is 0.860. The van der Waals surface area contributed by atoms with Crippen molar-refractivity contribution in [2.45, 2.75) is 39.2 Å². The molecule has 0 atom stereocenters. The SMILES string of the molecule is CCN(Cc1cccs1)CC1(C(=O)O)CCCC1. The van der Waals surface area contributed by atoms with E-state index in [-0.39, 0.29) is 0 Å². The zero-order chi connectivity index (χ0) is 13.0. The minimum atomic E-state index is -0.607. The molecule has 0 spiro atoms. The molecular formula is C14H21NO2S. The van der Waals surface area contributed by atoms with Gasteiger partial charge in [0.15, 0.2) is 0 Å². The van der Waals surface area contributed by atoms with Crippen molar-refractivity contribution in [1.82, 2.24) is 4.90 Å². The van der Waals surface area contributed by atoms with Crippen molar-refractivity contribution >= 4 is 17.3 Å². The predicted molar refractivity (Wildman–Crippen MR) is 73.8 cm³/mol. The number of hydrogen-bond donors (Lipinski definition) is 1. The van der Waals surface area contributed by atoms with Crippen LogP contribution in [-0.2, 0) is 11.3 Å². The molecule has 1 aromatic rings. The number of carboxylic acid groups (broad SMARTS) is 1. The maximum atomic E-state index is 11.6. The second kappa shape index (κ2) is 5.85. The van der Waals surface area contributed by atoms with E-state index in [0.29, 0.717) is 6.54 Å². The third-order valence-corrected chi connectivity index (χ3v) is 4.81. The Balaban J connectivity index is 2.02. The third-order valence-electron chi connectivity index (χ3n) is 3.95. The second-order valence-corrected chi connectivity index (χ2v) is 6.21. The summed E-state index contributed by atoms with van der Waals surface area (Å²) >= 11 is 1.74. The molecule has 0 bridgehead atoms. The van der Waals surface area contributed by atoms with Gasteiger partial charge in [0.25, 0.3) is 0 Å². The standard InChI is InChI=1S/C14H21NO2S/c1-2-15(10-12-6-5-9-18-12)11-14(13(16)17)7-3-4-8-14/h5-6,9H,2-4,7-8,10-11H2,1H3,(H,16,17). The lowest BCUT2D eigenvalue weighted by molar-refractivity contribution is -0.150. The van der Waals surface area contributed by atoms with Gasteiger partial charge in [-0.2, -0.15) is 0 Å². The van der Waals surface area contributed by atoms with Gasteiger partial charge in [-0.15, -0.1) is 11.3 Å². The predicted octanol–water partition coefficient (Wildman–Crippen LogP) is 3.22. The summed E-state index contributed by atoms with van der Waals surface area (Å²) in [7, 11) is 0. The summed E-state index contributed by atoms with van der Waals surface area (Å²) in [6.45, 7) is 4.59. The molecule has 1 fully saturated rings. The van der Waals surface area contributed by atoms with Gasteiger partial charge in [-0.1, -0.05) is 25.8 Å². The van der Waals surface area contributed by atoms with Crippen molar-refractivity contribution in [3.8, 4) is 0 Å². The average molecular weight is 267 g/mol. The first kappa shape index (κ1) is 13.6. The summed E-state index contributed by atoms with van der Waals surface area (Å²) in [6.07, 6.45) is 3.79. The molecule has 1 aliphatic rings. The zero-order valence-electron chi connectivity index (χ0n) is 10.9. The van der Waals surface area contributed by atoms with Gasteiger partial charge in [0, 0.05) is 18.0 Å². The van der Waals surface area contributed by atoms with Crippen LogP contribution in [0.4, 0.5) is 0 Å². The minimum Gasteiger partial charge on any atom is -0.481 e. The Morgan fingerprint density at radius 1 is 1.50 bits per heavy atom. The van der Waals surface area contributed by atoms with Crippen molar-refractivity contribution in [2.24, 2.45) is 5.41 Å². The number of aliphatic carboxylic acids is 1. The Hall–Kier alpha value is -0.870. The Morgan fingerprint density at radius 3 is 2.72 bits per heavy atom. The lowest BCUT2D eigenvalue weighted by Gasteiger charge is -2.31. The van der Waals surface area contributed by atoms with E-state index in [0.717, 1.165) is 38.8 Å². The Bertz CT molecular complexity index is 383. The fourth-order valence-corrected chi connectivity index (χ4v) is 3.57. The van der Waals surface area contributed by atoms with E-state index in [1.54, 1.807) is 11.3 Å². The van der Waals surface area contributed by atoms with Gasteiger partial charge in [-0.3, -0.25) is 9.69 Å². The zero-order valence-corrected chi connectivity index (χ0v) is 11.7. The average Bonchev–Trinajstić information content (AvgIpc) is 2.99. The first-order valence-electron chi connectivity index (χ1n) is 6.64. The van der Waals surface area contributed by atoms with Crippen molar-refractivity contribution < 1.29 is 9.90 Å². The summed E-state index contributed by atoms with van der Waals surface area (Å²) in [5, 5.41) is 11.6. The van der Waals surface area contributed by atoms with E-state index in [9.17, 15) is 9.90 Å². The van der Waals surface area contributed by atoms with Crippen LogP contribution in [0.5, 0.6) is 0 Å². The summed E-state index contributed by atoms with van der Waals surface area (Å²) in [5.74, 6) is -0.607. The molecular weight excluding hydrogens is 246 g/mol. The van der Waals surface area contributed by atoms with Gasteiger partial charge in [-0.25, -0.2) is 0 Å². The van der Waals surface area contributed by atoms with Crippen LogP contribution >= 0.6 is 11.3 Å². The van der Waals surface area contributed by atoms with E-state index >= 15 is 0 Å². The van der Waals surface area contributed by atoms with Crippen LogP contribution in [0.2, 0.25) is 0 Å². The fraction of sp³-hybridized carbons (Fsp3) is 0.643. The maximum Gasteiger partial charge on any atom is 0.310 e. The van der Waals surface area contributed by atoms with E-state index in [2.05, 4.69) is 29.3 Å². The highest BCUT2D eigenvalue weighted by molar-refractivity contribution is 7.09. The van der Waals surface area contributed by atoms with Gasteiger partial charge in [0.2, 0.25) is 0 Å². The van der Waals surface area contributed by atoms with E-state index in [1.165, 1.54) is 4.88 Å². The molecule has 0 radical (unpaired) electrons. The molecule has 0 unspecified atom stereocenters. The minimum absolute atomic E-state index is 0.493. The highest BCUT2D eigenvalue weighted by Crippen LogP contribution is 2.39. The van der Waals surface area contributed by atoms with Crippen molar-refractivity contribution in [3.05, 3.63) is 22.4 Å². The largest absolute Gasteiger partial charge is 0.481 e. The summed E-state index contributed by atoms with van der Waals surface area (Å²) < 4.78 is 0. The molecule has 1 saturated carbocycles. The molecule has 1 heterocycles. The monoisotopic (exact) mass is 267 g/mol. The van der Waals surface area contributed by atoms with Gasteiger partial charge in [0.1, 0.15) is 0 Å². The fourth-order valence-electron chi connectivity index (χ4n) is 2.82. The van der Waals surface area contributed by atoms with Crippen LogP contribution in [0.25, 0.3) is 0 Å². The van der Waals surface area contributed by atoms with Crippen molar-refractivity contribution in [1.29, 1.82) is 0 Å². The topological polar surface area (TPSA) is 40.5 Å². The summed E-state index contributed by atoms with van der Waals surface area (Å²) in [5.41, 5.74) is -0.493. The van der Waals surface area contributed by atoms with E-state index in [4.69, 9.17) is 0 Å². The van der Waals surface area contributed by atoms with E-state index in [1.807, 2.05) is 0 Å². The number of nitrogens with zero attached hydrogens (tertiary/aromatic N) is 1. The lowest BCUT2D eigenvalue weighted by atomic mass is 9.85. The summed E-state index contributed by atoms with van der Waals surface area (Å²) in [4.78, 5) is 15.1. The molecule has 100 valence electrons. The van der Waals surface area contributed by atoms with E-state index < -0.39 is 11.4 Å². The molecule has 0 amide bonds. The number of thiophene rings is 1. The Morgan fingerprint density at radius 2 is 2.22 bits per heavy atom. The number of carbonyl (C=O) groups is 1. The molecule has 0 aromatic carbocycles. The first-order valence-corrected chi connectivity index (χ1v) is 7.52. The molecule has 4 heteroatoms. The smallest absolute Gasteiger partial charge is 0.310 e. The normalized spacial score (nSPS) is 18.3. The molecule has 1 aliphatic carbocycles. The first-order chi connectivity index (χ1) is 8.66. The Kier molecular flexibility index (Phi) is 4.40. The van der Waals surface area contributed by atoms with Crippen molar-refractivity contribution in [2.75, 3.05) is 13.1 Å². The van der Waals surface area contributed by atoms with Crippen molar-refractivity contribution in [3.63, 3.8) is 0 Å². The number of carboxylic acids is 1. The van der Waals surface area contributed by atoms with Gasteiger partial charge >= 0.3 is 5.97 Å². The second-order valence-electron chi connectivity index (χ2n) is 5.18. The lowest BCUT2D eigenvalue weighted by Crippen LogP contribution is -2.41. The third kappa shape index (κ3) is 2.93. The van der Waals surface area contributed by atoms with Crippen LogP contribution < -0.4 is 0 Å². The van der Waals surface area contributed by atoms with Crippen LogP contribution in [0.1, 0.15) is 37.5 Å². The van der Waals surface area contributed by atoms with Crippen LogP contribution in [0.3, 0.4) is 0 Å². The van der Waals surface area contributed by atoms with Gasteiger partial charge in [-0.05, 0) is 30.8 Å². The maximum absolute atomic E-state index is 11.6. The van der Waals surface area contributed by atoms with Gasteiger partial charge < -0.3 is 5.11 Å². The molecule has 2 rings (SSSR count). The molecule has 3 nitrogen and oxygen atoms in total. The molecule has 1 aromatic heterocycles. The molecule has 0 aliphatic heterocycles. The molecule has 0 saturated heterocycles. The highest BCUT2D eigenvalue weighted by Gasteiger charge is 2.42. The molecule has 1 N–H and O–H groups in total. The van der Waals surface area contributed by atoms with Crippen LogP contribution in [0.15, 0.2) is 17.5 Å².